The zero-order chi connectivity index (χ0) is 19.3. The maximum absolute atomic E-state index is 12.3. The van der Waals surface area contributed by atoms with Gasteiger partial charge in [-0.3, -0.25) is 9.59 Å². The summed E-state index contributed by atoms with van der Waals surface area (Å²) in [6.07, 6.45) is 0. The van der Waals surface area contributed by atoms with Crippen molar-refractivity contribution < 1.29 is 14.3 Å². The number of carbonyl (C=O) groups is 2. The fourth-order valence-electron chi connectivity index (χ4n) is 2.48. The Labute approximate surface area is 158 Å². The van der Waals surface area contributed by atoms with Crippen molar-refractivity contribution >= 4 is 23.4 Å². The van der Waals surface area contributed by atoms with Crippen molar-refractivity contribution in [3.63, 3.8) is 0 Å². The predicted molar refractivity (Wildman–Crippen MR) is 103 cm³/mol. The first-order valence-corrected chi connectivity index (χ1v) is 8.59. The molecule has 2 rings (SSSR count). The molecule has 0 bridgehead atoms. The van der Waals surface area contributed by atoms with Crippen molar-refractivity contribution in [2.75, 3.05) is 20.7 Å². The smallest absolute Gasteiger partial charge is 0.258 e. The largest absolute Gasteiger partial charge is 0.483 e. The predicted octanol–water partition coefficient (Wildman–Crippen LogP) is 3.47. The van der Waals surface area contributed by atoms with Crippen LogP contribution < -0.4 is 10.1 Å². The maximum atomic E-state index is 12.3. The van der Waals surface area contributed by atoms with E-state index in [-0.39, 0.29) is 18.4 Å². The molecule has 0 saturated heterocycles. The zero-order valence-electron chi connectivity index (χ0n) is 15.4. The van der Waals surface area contributed by atoms with Crippen molar-refractivity contribution in [1.82, 2.24) is 10.2 Å². The Kier molecular flexibility index (Phi) is 6.27. The highest BCUT2D eigenvalue weighted by Crippen LogP contribution is 2.22. The first-order chi connectivity index (χ1) is 12.2. The number of benzene rings is 2. The van der Waals surface area contributed by atoms with Crippen LogP contribution in [0.2, 0.25) is 5.02 Å². The van der Waals surface area contributed by atoms with E-state index in [1.807, 2.05) is 26.0 Å². The lowest BCUT2D eigenvalue weighted by atomic mass is 9.94. The van der Waals surface area contributed by atoms with Crippen LogP contribution in [0.4, 0.5) is 0 Å². The Balaban J connectivity index is 2.03. The van der Waals surface area contributed by atoms with E-state index in [4.69, 9.17) is 16.3 Å². The fourth-order valence-corrected chi connectivity index (χ4v) is 2.60. The third-order valence-electron chi connectivity index (χ3n) is 3.90. The molecule has 2 aromatic rings. The number of amides is 2. The van der Waals surface area contributed by atoms with E-state index in [0.717, 1.165) is 5.56 Å². The SMILES string of the molecule is CN(C)C(=O)c1ccccc1OCC(=O)NC(C)(C)c1ccc(Cl)cc1. The molecule has 26 heavy (non-hydrogen) atoms. The molecule has 0 saturated carbocycles. The summed E-state index contributed by atoms with van der Waals surface area (Å²) in [5.41, 5.74) is 0.769. The summed E-state index contributed by atoms with van der Waals surface area (Å²) in [4.78, 5) is 26.0. The van der Waals surface area contributed by atoms with Crippen molar-refractivity contribution in [1.29, 1.82) is 0 Å². The van der Waals surface area contributed by atoms with Gasteiger partial charge in [0.25, 0.3) is 11.8 Å². The molecule has 0 aliphatic carbocycles. The lowest BCUT2D eigenvalue weighted by Crippen LogP contribution is -2.43. The van der Waals surface area contributed by atoms with Gasteiger partial charge in [-0.2, -0.15) is 0 Å². The topological polar surface area (TPSA) is 58.6 Å². The molecule has 0 atom stereocenters. The molecule has 5 nitrogen and oxygen atoms in total. The molecule has 0 unspecified atom stereocenters. The van der Waals surface area contributed by atoms with Crippen molar-refractivity contribution in [3.8, 4) is 5.75 Å². The normalized spacial score (nSPS) is 11.0. The van der Waals surface area contributed by atoms with E-state index in [1.54, 1.807) is 50.5 Å². The summed E-state index contributed by atoms with van der Waals surface area (Å²) in [5, 5.41) is 3.57. The highest BCUT2D eigenvalue weighted by atomic mass is 35.5. The standard InChI is InChI=1S/C20H23ClN2O3/c1-20(2,14-9-11-15(21)12-10-14)22-18(24)13-26-17-8-6-5-7-16(17)19(25)23(3)4/h5-12H,13H2,1-4H3,(H,22,24). The second-order valence-electron chi connectivity index (χ2n) is 6.66. The molecule has 2 aromatic carbocycles. The Morgan fingerprint density at radius 1 is 1.08 bits per heavy atom. The van der Waals surface area contributed by atoms with Gasteiger partial charge >= 0.3 is 0 Å². The van der Waals surface area contributed by atoms with Gasteiger partial charge in [-0.25, -0.2) is 0 Å². The van der Waals surface area contributed by atoms with Crippen LogP contribution in [0.3, 0.4) is 0 Å². The van der Waals surface area contributed by atoms with Crippen LogP contribution in [0.5, 0.6) is 5.75 Å². The fraction of sp³-hybridized carbons (Fsp3) is 0.300. The number of carbonyl (C=O) groups excluding carboxylic acids is 2. The minimum absolute atomic E-state index is 0.178. The molecule has 138 valence electrons. The Hall–Kier alpha value is -2.53. The maximum Gasteiger partial charge on any atom is 0.258 e. The minimum atomic E-state index is -0.579. The Morgan fingerprint density at radius 3 is 2.31 bits per heavy atom. The molecule has 1 N–H and O–H groups in total. The summed E-state index contributed by atoms with van der Waals surface area (Å²) < 4.78 is 5.59. The van der Waals surface area contributed by atoms with Crippen LogP contribution in [0.1, 0.15) is 29.8 Å². The number of halogens is 1. The van der Waals surface area contributed by atoms with Crippen molar-refractivity contribution in [2.45, 2.75) is 19.4 Å². The van der Waals surface area contributed by atoms with Gasteiger partial charge in [0, 0.05) is 19.1 Å². The Bertz CT molecular complexity index is 786. The quantitative estimate of drug-likeness (QED) is 0.842. The summed E-state index contributed by atoms with van der Waals surface area (Å²) in [7, 11) is 3.33. The van der Waals surface area contributed by atoms with Gasteiger partial charge in [-0.1, -0.05) is 35.9 Å². The number of rotatable bonds is 6. The number of nitrogens with one attached hydrogen (secondary N) is 1. The minimum Gasteiger partial charge on any atom is -0.483 e. The highest BCUT2D eigenvalue weighted by Gasteiger charge is 2.23. The lowest BCUT2D eigenvalue weighted by molar-refractivity contribution is -0.124. The third-order valence-corrected chi connectivity index (χ3v) is 4.15. The van der Waals surface area contributed by atoms with Crippen LogP contribution >= 0.6 is 11.6 Å². The van der Waals surface area contributed by atoms with Crippen LogP contribution in [0, 0.1) is 0 Å². The third kappa shape index (κ3) is 4.99. The molecule has 0 fully saturated rings. The van der Waals surface area contributed by atoms with E-state index in [1.165, 1.54) is 4.90 Å². The number of hydrogen-bond acceptors (Lipinski definition) is 3. The van der Waals surface area contributed by atoms with Gasteiger partial charge in [-0.05, 0) is 43.7 Å². The van der Waals surface area contributed by atoms with E-state index >= 15 is 0 Å². The molecule has 6 heteroatoms. The molecule has 0 aliphatic rings. The average molecular weight is 375 g/mol. The molecule has 2 amide bonds. The molecule has 0 radical (unpaired) electrons. The van der Waals surface area contributed by atoms with E-state index in [2.05, 4.69) is 5.32 Å². The van der Waals surface area contributed by atoms with Gasteiger partial charge < -0.3 is 15.0 Å². The highest BCUT2D eigenvalue weighted by molar-refractivity contribution is 6.30. The summed E-state index contributed by atoms with van der Waals surface area (Å²) in [6.45, 7) is 3.62. The zero-order valence-corrected chi connectivity index (χ0v) is 16.1. The van der Waals surface area contributed by atoms with Crippen LogP contribution in [0.25, 0.3) is 0 Å². The van der Waals surface area contributed by atoms with Gasteiger partial charge in [0.05, 0.1) is 11.1 Å². The van der Waals surface area contributed by atoms with E-state index in [0.29, 0.717) is 16.3 Å². The van der Waals surface area contributed by atoms with E-state index < -0.39 is 5.54 Å². The van der Waals surface area contributed by atoms with Gasteiger partial charge in [0.15, 0.2) is 6.61 Å². The lowest BCUT2D eigenvalue weighted by Gasteiger charge is -2.27. The average Bonchev–Trinajstić information content (AvgIpc) is 2.59. The molecule has 0 heterocycles. The number of hydrogen-bond donors (Lipinski definition) is 1. The summed E-state index contributed by atoms with van der Waals surface area (Å²) in [5.74, 6) is -0.0785. The number of ether oxygens (including phenoxy) is 1. The molecule has 0 aromatic heterocycles. The van der Waals surface area contributed by atoms with Gasteiger partial charge in [0.2, 0.25) is 0 Å². The first kappa shape index (κ1) is 19.8. The second-order valence-corrected chi connectivity index (χ2v) is 7.10. The molecular formula is C20H23ClN2O3. The molecule has 0 spiro atoms. The monoisotopic (exact) mass is 374 g/mol. The molecule has 0 aliphatic heterocycles. The first-order valence-electron chi connectivity index (χ1n) is 8.21. The summed E-state index contributed by atoms with van der Waals surface area (Å²) >= 11 is 5.91. The van der Waals surface area contributed by atoms with E-state index in [9.17, 15) is 9.59 Å². The van der Waals surface area contributed by atoms with Crippen LogP contribution in [0.15, 0.2) is 48.5 Å². The molecular weight excluding hydrogens is 352 g/mol. The number of nitrogens with zero attached hydrogens (tertiary/aromatic N) is 1. The van der Waals surface area contributed by atoms with Crippen LogP contribution in [-0.4, -0.2) is 37.4 Å². The number of para-hydroxylation sites is 1. The van der Waals surface area contributed by atoms with Crippen molar-refractivity contribution in [2.24, 2.45) is 0 Å². The second kappa shape index (κ2) is 8.23. The van der Waals surface area contributed by atoms with Crippen LogP contribution in [-0.2, 0) is 10.3 Å². The Morgan fingerprint density at radius 2 is 1.69 bits per heavy atom. The van der Waals surface area contributed by atoms with Gasteiger partial charge in [-0.15, -0.1) is 0 Å². The van der Waals surface area contributed by atoms with Gasteiger partial charge in [0.1, 0.15) is 5.75 Å². The summed E-state index contributed by atoms with van der Waals surface area (Å²) in [6, 6.07) is 14.2. The van der Waals surface area contributed by atoms with Crippen molar-refractivity contribution in [3.05, 3.63) is 64.7 Å².